The van der Waals surface area contributed by atoms with Gasteiger partial charge in [0, 0.05) is 37.8 Å². The molecule has 0 spiro atoms. The van der Waals surface area contributed by atoms with Crippen LogP contribution in [0.3, 0.4) is 0 Å². The zero-order valence-corrected chi connectivity index (χ0v) is 43.2. The van der Waals surface area contributed by atoms with Gasteiger partial charge in [-0.05, 0) is 125 Å². The standard InChI is InChI=1S/C30H35N3O8.C26H32N2O6/c1-30(2,3)40-28(37)31-17-9-8-14-24(27(36)41-33-25(34)15-16-26(33)35)32-29(38)39-18-23-21-12-6-4-10-19(21)20-11-5-7-13-22(20)23;1-26(2,3)34-24(31)27-15-9-8-14-22(23(29)30)28-25(32)33-16-21-19-12-6-4-10-17(19)18-11-5-7-13-20(18)21/h4-7,10-13,23-24H,8-9,14-18H2,1-3H3,(H,31,37)(H,32,38);4-7,10-13,21-22H,8-9,14-16H2,1-3H3,(H,27,31)(H,28,32)(H,29,30). The van der Waals surface area contributed by atoms with Crippen molar-refractivity contribution in [1.29, 1.82) is 0 Å². The van der Waals surface area contributed by atoms with Crippen LogP contribution in [0.25, 0.3) is 22.3 Å². The Bertz CT molecular complexity index is 2610. The number of benzene rings is 4. The Kier molecular flexibility index (Phi) is 19.4. The second kappa shape index (κ2) is 25.8. The van der Waals surface area contributed by atoms with E-state index in [9.17, 15) is 43.5 Å². The lowest BCUT2D eigenvalue weighted by molar-refractivity contribution is -0.199. The highest BCUT2D eigenvalue weighted by atomic mass is 16.7. The van der Waals surface area contributed by atoms with Gasteiger partial charge in [-0.3, -0.25) is 9.59 Å². The number of carbonyl (C=O) groups is 8. The Morgan fingerprint density at radius 3 is 1.24 bits per heavy atom. The topological polar surface area (TPSA) is 254 Å². The molecule has 0 saturated carbocycles. The predicted octanol–water partition coefficient (Wildman–Crippen LogP) is 8.87. The summed E-state index contributed by atoms with van der Waals surface area (Å²) < 4.78 is 21.3. The van der Waals surface area contributed by atoms with Crippen LogP contribution in [0.2, 0.25) is 0 Å². The van der Waals surface area contributed by atoms with Crippen LogP contribution in [-0.4, -0.2) is 108 Å². The molecule has 0 radical (unpaired) electrons. The van der Waals surface area contributed by atoms with Gasteiger partial charge in [-0.15, -0.1) is 5.06 Å². The highest BCUT2D eigenvalue weighted by molar-refractivity contribution is 6.02. The molecule has 1 saturated heterocycles. The molecule has 1 aliphatic heterocycles. The van der Waals surface area contributed by atoms with Crippen LogP contribution >= 0.6 is 0 Å². The molecule has 0 bridgehead atoms. The number of nitrogens with zero attached hydrogens (tertiary/aromatic N) is 1. The summed E-state index contributed by atoms with van der Waals surface area (Å²) in [6.07, 6.45) is -0.509. The number of rotatable bonds is 19. The largest absolute Gasteiger partial charge is 0.480 e. The molecule has 5 N–H and O–H groups in total. The third-order valence-corrected chi connectivity index (χ3v) is 12.2. The Morgan fingerprint density at radius 2 is 0.880 bits per heavy atom. The van der Waals surface area contributed by atoms with Crippen molar-refractivity contribution in [2.75, 3.05) is 26.3 Å². The van der Waals surface area contributed by atoms with Gasteiger partial charge < -0.3 is 50.2 Å². The van der Waals surface area contributed by atoms with E-state index in [-0.39, 0.29) is 57.3 Å². The fraction of sp³-hybridized carbons (Fsp3) is 0.429. The van der Waals surface area contributed by atoms with Gasteiger partial charge in [0.1, 0.15) is 36.5 Å². The molecule has 19 heteroatoms. The molecule has 6 amide bonds. The summed E-state index contributed by atoms with van der Waals surface area (Å²) in [5.74, 6) is -3.59. The van der Waals surface area contributed by atoms with E-state index in [1.165, 1.54) is 0 Å². The first-order chi connectivity index (χ1) is 35.7. The van der Waals surface area contributed by atoms with Gasteiger partial charge in [0.2, 0.25) is 0 Å². The maximum absolute atomic E-state index is 12.9. The summed E-state index contributed by atoms with van der Waals surface area (Å²) in [6, 6.07) is 29.6. The number of imide groups is 1. The number of unbranched alkanes of at least 4 members (excludes halogenated alkanes) is 2. The van der Waals surface area contributed by atoms with Crippen LogP contribution in [0, 0.1) is 0 Å². The number of fused-ring (bicyclic) bond motifs is 6. The van der Waals surface area contributed by atoms with Gasteiger partial charge >= 0.3 is 36.3 Å². The normalized spacial score (nSPS) is 14.3. The van der Waals surface area contributed by atoms with Crippen molar-refractivity contribution in [2.24, 2.45) is 0 Å². The fourth-order valence-corrected chi connectivity index (χ4v) is 8.84. The number of ether oxygens (including phenoxy) is 4. The number of hydroxylamine groups is 2. The number of nitrogens with one attached hydrogen (secondary N) is 4. The second-order valence-corrected chi connectivity index (χ2v) is 20.2. The quantitative estimate of drug-likeness (QED) is 0.0334. The van der Waals surface area contributed by atoms with E-state index in [1.807, 2.05) is 97.1 Å². The summed E-state index contributed by atoms with van der Waals surface area (Å²) in [4.78, 5) is 102. The first kappa shape index (κ1) is 56.3. The molecule has 3 aliphatic rings. The monoisotopic (exact) mass is 1030 g/mol. The van der Waals surface area contributed by atoms with E-state index in [1.54, 1.807) is 41.5 Å². The number of alkyl carbamates (subject to hydrolysis) is 4. The fourth-order valence-electron chi connectivity index (χ4n) is 8.84. The Morgan fingerprint density at radius 1 is 0.533 bits per heavy atom. The van der Waals surface area contributed by atoms with Crippen LogP contribution in [0.15, 0.2) is 97.1 Å². The summed E-state index contributed by atoms with van der Waals surface area (Å²) in [5, 5.41) is 20.2. The van der Waals surface area contributed by atoms with Gasteiger partial charge in [-0.25, -0.2) is 28.8 Å². The minimum absolute atomic E-state index is 0.0462. The lowest BCUT2D eigenvalue weighted by Gasteiger charge is -2.21. The number of hydrogen-bond donors (Lipinski definition) is 5. The second-order valence-electron chi connectivity index (χ2n) is 20.2. The minimum atomic E-state index is -1.19. The number of carbonyl (C=O) groups excluding carboxylic acids is 7. The average molecular weight is 1030 g/mol. The number of carboxylic acids is 1. The summed E-state index contributed by atoms with van der Waals surface area (Å²) in [6.45, 7) is 11.4. The number of amides is 6. The number of carboxylic acid groups (broad SMARTS) is 1. The highest BCUT2D eigenvalue weighted by Crippen LogP contribution is 2.45. The van der Waals surface area contributed by atoms with Crippen molar-refractivity contribution in [3.63, 3.8) is 0 Å². The lowest BCUT2D eigenvalue weighted by atomic mass is 9.98. The molecule has 19 nitrogen and oxygen atoms in total. The van der Waals surface area contributed by atoms with Crippen LogP contribution < -0.4 is 21.3 Å². The Balaban J connectivity index is 0.000000248. The van der Waals surface area contributed by atoms with Gasteiger partial charge in [0.15, 0.2) is 0 Å². The maximum Gasteiger partial charge on any atom is 0.407 e. The molecule has 1 fully saturated rings. The molecule has 400 valence electrons. The summed E-state index contributed by atoms with van der Waals surface area (Å²) in [5.41, 5.74) is 7.46. The van der Waals surface area contributed by atoms with Crippen molar-refractivity contribution >= 4 is 48.1 Å². The molecule has 1 heterocycles. The minimum Gasteiger partial charge on any atom is -0.480 e. The zero-order chi connectivity index (χ0) is 54.3. The van der Waals surface area contributed by atoms with Crippen LogP contribution in [0.5, 0.6) is 0 Å². The van der Waals surface area contributed by atoms with Gasteiger partial charge in [-0.2, -0.15) is 0 Å². The third-order valence-electron chi connectivity index (χ3n) is 12.2. The van der Waals surface area contributed by atoms with Crippen LogP contribution in [0.4, 0.5) is 19.2 Å². The highest BCUT2D eigenvalue weighted by Gasteiger charge is 2.36. The van der Waals surface area contributed by atoms with Gasteiger partial charge in [-0.1, -0.05) is 97.1 Å². The zero-order valence-electron chi connectivity index (χ0n) is 43.2. The van der Waals surface area contributed by atoms with E-state index >= 15 is 0 Å². The Hall–Kier alpha value is -7.96. The predicted molar refractivity (Wildman–Crippen MR) is 275 cm³/mol. The van der Waals surface area contributed by atoms with Crippen molar-refractivity contribution in [2.45, 2.75) is 128 Å². The lowest BCUT2D eigenvalue weighted by Crippen LogP contribution is -2.45. The van der Waals surface area contributed by atoms with E-state index < -0.39 is 71.4 Å². The Labute approximate surface area is 436 Å². The van der Waals surface area contributed by atoms with E-state index in [0.717, 1.165) is 44.5 Å². The van der Waals surface area contributed by atoms with Gasteiger partial charge in [0.05, 0.1) is 0 Å². The molecule has 2 unspecified atom stereocenters. The van der Waals surface area contributed by atoms with Crippen molar-refractivity contribution < 1.29 is 67.2 Å². The molecule has 7 rings (SSSR count). The molecular formula is C56H67N5O14. The third kappa shape index (κ3) is 16.3. The molecule has 2 aliphatic carbocycles. The molecule has 4 aromatic rings. The number of aliphatic carboxylic acids is 1. The molecule has 75 heavy (non-hydrogen) atoms. The first-order valence-corrected chi connectivity index (χ1v) is 25.2. The van der Waals surface area contributed by atoms with Crippen LogP contribution in [0.1, 0.15) is 127 Å². The van der Waals surface area contributed by atoms with E-state index in [4.69, 9.17) is 23.8 Å². The van der Waals surface area contributed by atoms with Crippen molar-refractivity contribution in [3.05, 3.63) is 119 Å². The molecule has 0 aromatic heterocycles. The van der Waals surface area contributed by atoms with Gasteiger partial charge in [0.25, 0.3) is 11.8 Å². The van der Waals surface area contributed by atoms with Crippen molar-refractivity contribution in [1.82, 2.24) is 26.3 Å². The van der Waals surface area contributed by atoms with Crippen molar-refractivity contribution in [3.8, 4) is 22.3 Å². The first-order valence-electron chi connectivity index (χ1n) is 25.2. The summed E-state index contributed by atoms with van der Waals surface area (Å²) >= 11 is 0. The molecule has 4 aromatic carbocycles. The van der Waals surface area contributed by atoms with Crippen LogP contribution in [-0.2, 0) is 43.0 Å². The number of hydrogen-bond acceptors (Lipinski definition) is 13. The van der Waals surface area contributed by atoms with E-state index in [2.05, 4.69) is 21.3 Å². The SMILES string of the molecule is CC(C)(C)OC(=O)NCCCCC(NC(=O)OCC1c2ccccc2-c2ccccc21)C(=O)O.CC(C)(C)OC(=O)NCCCCC(NC(=O)OCC1c2ccccc2-c2ccccc21)C(=O)ON1C(=O)CCC1=O. The maximum atomic E-state index is 12.9. The molecule has 2 atom stereocenters. The smallest absolute Gasteiger partial charge is 0.407 e. The van der Waals surface area contributed by atoms with E-state index in [0.29, 0.717) is 37.3 Å². The summed E-state index contributed by atoms with van der Waals surface area (Å²) in [7, 11) is 0. The average Bonchev–Trinajstić information content (AvgIpc) is 3.97. The molecular weight excluding hydrogens is 967 g/mol.